The monoisotopic (exact) mass is 251 g/mol. The highest BCUT2D eigenvalue weighted by Crippen LogP contribution is 2.24. The molecule has 0 saturated heterocycles. The van der Waals surface area contributed by atoms with Gasteiger partial charge in [-0.25, -0.2) is 4.79 Å². The highest BCUT2D eigenvalue weighted by Gasteiger charge is 2.15. The first-order chi connectivity index (χ1) is 8.21. The number of rotatable bonds is 5. The van der Waals surface area contributed by atoms with Gasteiger partial charge in [-0.3, -0.25) is 4.79 Å². The molecule has 0 radical (unpaired) electrons. The Morgan fingerprint density at radius 3 is 2.59 bits per heavy atom. The number of methoxy groups -OCH3 is 1. The number of isocyanates is 1. The largest absolute Gasteiger partial charge is 0.469 e. The van der Waals surface area contributed by atoms with Crippen LogP contribution in [0.5, 0.6) is 0 Å². The minimum atomic E-state index is -0.518. The van der Waals surface area contributed by atoms with Crippen LogP contribution in [0.3, 0.4) is 0 Å². The number of nitrogens with zero attached hydrogens (tertiary/aromatic N) is 1. The van der Waals surface area contributed by atoms with Gasteiger partial charge in [0.1, 0.15) is 0 Å². The summed E-state index contributed by atoms with van der Waals surface area (Å²) in [5.41, 5.74) is 0.802. The highest BCUT2D eigenvalue weighted by atomic mass is 32.2. The molecule has 0 aromatic heterocycles. The Morgan fingerprint density at radius 1 is 1.47 bits per heavy atom. The second-order valence-corrected chi connectivity index (χ2v) is 4.17. The molecule has 0 aliphatic carbocycles. The molecule has 0 fully saturated rings. The van der Waals surface area contributed by atoms with E-state index in [0.29, 0.717) is 0 Å². The van der Waals surface area contributed by atoms with Gasteiger partial charge in [0.05, 0.1) is 19.6 Å². The number of carbonyl (C=O) groups is 1. The van der Waals surface area contributed by atoms with Crippen molar-refractivity contribution in [3.05, 3.63) is 29.8 Å². The molecule has 1 aromatic carbocycles. The van der Waals surface area contributed by atoms with Gasteiger partial charge in [0.15, 0.2) is 0 Å². The molecule has 1 atom stereocenters. The molecule has 17 heavy (non-hydrogen) atoms. The molecule has 0 saturated carbocycles. The summed E-state index contributed by atoms with van der Waals surface area (Å²) in [7, 11) is 1.31. The van der Waals surface area contributed by atoms with E-state index in [0.717, 1.165) is 10.5 Å². The van der Waals surface area contributed by atoms with E-state index in [1.54, 1.807) is 11.8 Å². The lowest BCUT2D eigenvalue weighted by Gasteiger charge is -2.09. The van der Waals surface area contributed by atoms with E-state index in [4.69, 9.17) is 0 Å². The normalized spacial score (nSPS) is 11.4. The third kappa shape index (κ3) is 4.06. The first-order valence-corrected chi connectivity index (χ1v) is 6.21. The third-order valence-electron chi connectivity index (χ3n) is 2.30. The number of thioether (sulfide) groups is 1. The molecule has 1 aromatic rings. The molecular weight excluding hydrogens is 238 g/mol. The van der Waals surface area contributed by atoms with Gasteiger partial charge in [0.2, 0.25) is 6.08 Å². The van der Waals surface area contributed by atoms with Gasteiger partial charge < -0.3 is 4.74 Å². The summed E-state index contributed by atoms with van der Waals surface area (Å²) in [6.07, 6.45) is 3.51. The molecule has 0 unspecified atom stereocenters. The average molecular weight is 251 g/mol. The van der Waals surface area contributed by atoms with Gasteiger partial charge in [-0.2, -0.15) is 4.99 Å². The molecule has 0 aliphatic rings. The van der Waals surface area contributed by atoms with Crippen LogP contribution in [-0.4, -0.2) is 25.4 Å². The fourth-order valence-corrected chi connectivity index (χ4v) is 1.78. The fraction of sp³-hybridized carbons (Fsp3) is 0.333. The maximum absolute atomic E-state index is 11.2. The summed E-state index contributed by atoms with van der Waals surface area (Å²) < 4.78 is 4.56. The zero-order chi connectivity index (χ0) is 12.7. The first-order valence-electron chi connectivity index (χ1n) is 4.99. The molecule has 0 spiro atoms. The lowest BCUT2D eigenvalue weighted by Crippen LogP contribution is -2.07. The van der Waals surface area contributed by atoms with Gasteiger partial charge in [0, 0.05) is 4.90 Å². The molecule has 0 amide bonds. The topological polar surface area (TPSA) is 55.7 Å². The molecule has 0 aliphatic heterocycles. The standard InChI is InChI=1S/C12H13NO3S/c1-16-12(15)7-11(13-8-14)9-3-5-10(17-2)6-4-9/h3-6,11H,7H2,1-2H3/t11-/m0/s1. The maximum Gasteiger partial charge on any atom is 0.308 e. The van der Waals surface area contributed by atoms with E-state index < -0.39 is 12.0 Å². The predicted molar refractivity (Wildman–Crippen MR) is 65.7 cm³/mol. The highest BCUT2D eigenvalue weighted by molar-refractivity contribution is 7.98. The maximum atomic E-state index is 11.2. The molecule has 0 heterocycles. The van der Waals surface area contributed by atoms with Crippen molar-refractivity contribution in [2.75, 3.05) is 13.4 Å². The summed E-state index contributed by atoms with van der Waals surface area (Å²) >= 11 is 1.62. The van der Waals surface area contributed by atoms with Gasteiger partial charge in [-0.05, 0) is 24.0 Å². The summed E-state index contributed by atoms with van der Waals surface area (Å²) in [4.78, 5) is 26.2. The van der Waals surface area contributed by atoms with E-state index in [1.807, 2.05) is 30.5 Å². The smallest absolute Gasteiger partial charge is 0.308 e. The Kier molecular flexibility index (Phi) is 5.46. The quantitative estimate of drug-likeness (QED) is 0.349. The Bertz CT molecular complexity index is 424. The van der Waals surface area contributed by atoms with Crippen molar-refractivity contribution in [3.63, 3.8) is 0 Å². The number of aliphatic imine (C=N–C) groups is 1. The molecule has 0 N–H and O–H groups in total. The van der Waals surface area contributed by atoms with Crippen molar-refractivity contribution in [2.45, 2.75) is 17.4 Å². The van der Waals surface area contributed by atoms with Gasteiger partial charge in [0.25, 0.3) is 0 Å². The average Bonchev–Trinajstić information content (AvgIpc) is 2.38. The third-order valence-corrected chi connectivity index (χ3v) is 3.04. The minimum Gasteiger partial charge on any atom is -0.469 e. The van der Waals surface area contributed by atoms with Crippen LogP contribution in [0.25, 0.3) is 0 Å². The molecule has 1 rings (SSSR count). The molecular formula is C12H13NO3S. The number of ether oxygens (including phenoxy) is 1. The lowest BCUT2D eigenvalue weighted by molar-refractivity contribution is -0.141. The van der Waals surface area contributed by atoms with Crippen LogP contribution in [0.2, 0.25) is 0 Å². The van der Waals surface area contributed by atoms with Crippen molar-refractivity contribution in [3.8, 4) is 0 Å². The minimum absolute atomic E-state index is 0.0460. The van der Waals surface area contributed by atoms with Crippen molar-refractivity contribution in [1.29, 1.82) is 0 Å². The van der Waals surface area contributed by atoms with Crippen LogP contribution in [0.15, 0.2) is 34.2 Å². The Labute approximate surface area is 104 Å². The SMILES string of the molecule is COC(=O)C[C@H](N=C=O)c1ccc(SC)cc1. The van der Waals surface area contributed by atoms with Crippen molar-refractivity contribution in [2.24, 2.45) is 4.99 Å². The second-order valence-electron chi connectivity index (χ2n) is 3.29. The fourth-order valence-electron chi connectivity index (χ4n) is 1.37. The summed E-state index contributed by atoms with van der Waals surface area (Å²) in [6.45, 7) is 0. The summed E-state index contributed by atoms with van der Waals surface area (Å²) in [6, 6.07) is 7.02. The van der Waals surface area contributed by atoms with Crippen LogP contribution in [0.4, 0.5) is 0 Å². The molecule has 0 bridgehead atoms. The van der Waals surface area contributed by atoms with Crippen LogP contribution in [0.1, 0.15) is 18.0 Å². The van der Waals surface area contributed by atoms with Gasteiger partial charge in [-0.15, -0.1) is 11.8 Å². The van der Waals surface area contributed by atoms with Crippen LogP contribution in [0, 0.1) is 0 Å². The number of hydrogen-bond donors (Lipinski definition) is 0. The van der Waals surface area contributed by atoms with Crippen molar-refractivity contribution < 1.29 is 14.3 Å². The zero-order valence-electron chi connectivity index (χ0n) is 9.67. The molecule has 5 heteroatoms. The number of benzene rings is 1. The number of hydrogen-bond acceptors (Lipinski definition) is 5. The van der Waals surface area contributed by atoms with Crippen molar-refractivity contribution in [1.82, 2.24) is 0 Å². The summed E-state index contributed by atoms with van der Waals surface area (Å²) in [5.74, 6) is -0.400. The van der Waals surface area contributed by atoms with E-state index in [2.05, 4.69) is 9.73 Å². The Balaban J connectivity index is 2.88. The van der Waals surface area contributed by atoms with Gasteiger partial charge in [-0.1, -0.05) is 12.1 Å². The van der Waals surface area contributed by atoms with Gasteiger partial charge >= 0.3 is 5.97 Å². The number of esters is 1. The second kappa shape index (κ2) is 6.89. The molecule has 90 valence electrons. The van der Waals surface area contributed by atoms with E-state index >= 15 is 0 Å². The Hall–Kier alpha value is -1.58. The van der Waals surface area contributed by atoms with Crippen LogP contribution < -0.4 is 0 Å². The van der Waals surface area contributed by atoms with E-state index in [9.17, 15) is 9.59 Å². The zero-order valence-corrected chi connectivity index (χ0v) is 10.5. The van der Waals surface area contributed by atoms with Crippen molar-refractivity contribution >= 4 is 23.8 Å². The van der Waals surface area contributed by atoms with E-state index in [-0.39, 0.29) is 6.42 Å². The molecule has 4 nitrogen and oxygen atoms in total. The summed E-state index contributed by atoms with van der Waals surface area (Å²) in [5, 5.41) is 0. The van der Waals surface area contributed by atoms with E-state index in [1.165, 1.54) is 13.2 Å². The first kappa shape index (κ1) is 13.5. The van der Waals surface area contributed by atoms with Crippen LogP contribution in [-0.2, 0) is 14.3 Å². The van der Waals surface area contributed by atoms with Crippen LogP contribution >= 0.6 is 11.8 Å². The number of carbonyl (C=O) groups excluding carboxylic acids is 2. The lowest BCUT2D eigenvalue weighted by atomic mass is 10.0. The Morgan fingerprint density at radius 2 is 2.12 bits per heavy atom. The predicted octanol–water partition coefficient (Wildman–Crippen LogP) is 2.35.